The first kappa shape index (κ1) is 16.0. The van der Waals surface area contributed by atoms with Crippen LogP contribution in [-0.2, 0) is 6.42 Å². The number of nitrogens with zero attached hydrogens (tertiary/aromatic N) is 1. The van der Waals surface area contributed by atoms with Gasteiger partial charge in [-0.15, -0.1) is 0 Å². The smallest absolute Gasteiger partial charge is 0.317 e. The Hall–Kier alpha value is -1.07. The van der Waals surface area contributed by atoms with E-state index in [-0.39, 0.29) is 12.6 Å². The van der Waals surface area contributed by atoms with Crippen LogP contribution < -0.4 is 5.32 Å². The molecule has 1 aromatic rings. The number of aliphatic hydroxyl groups excluding tert-OH is 1. The Morgan fingerprint density at radius 2 is 2.26 bits per heavy atom. The van der Waals surface area contributed by atoms with Gasteiger partial charge in [-0.05, 0) is 37.5 Å². The average Bonchev–Trinajstić information content (AvgIpc) is 2.40. The summed E-state index contributed by atoms with van der Waals surface area (Å²) in [4.78, 5) is 13.3. The summed E-state index contributed by atoms with van der Waals surface area (Å²) < 4.78 is 1.08. The molecule has 2 amide bonds. The maximum atomic E-state index is 11.7. The normalized spacial score (nSPS) is 10.3. The Kier molecular flexibility index (Phi) is 7.52. The minimum atomic E-state index is -0.106. The van der Waals surface area contributed by atoms with Crippen LogP contribution in [0.2, 0.25) is 0 Å². The van der Waals surface area contributed by atoms with Gasteiger partial charge in [0, 0.05) is 24.1 Å². The van der Waals surface area contributed by atoms with Crippen molar-refractivity contribution >= 4 is 22.0 Å². The Balaban J connectivity index is 2.25. The van der Waals surface area contributed by atoms with E-state index < -0.39 is 0 Å². The van der Waals surface area contributed by atoms with Crippen molar-refractivity contribution in [2.24, 2.45) is 0 Å². The molecule has 0 saturated carbocycles. The topological polar surface area (TPSA) is 52.6 Å². The third-order valence-corrected chi connectivity index (χ3v) is 3.34. The van der Waals surface area contributed by atoms with Crippen molar-refractivity contribution in [2.45, 2.75) is 19.8 Å². The van der Waals surface area contributed by atoms with Crippen LogP contribution in [0.3, 0.4) is 0 Å². The molecule has 1 rings (SSSR count). The summed E-state index contributed by atoms with van der Waals surface area (Å²) in [7, 11) is 0. The van der Waals surface area contributed by atoms with Crippen LogP contribution in [0.4, 0.5) is 4.79 Å². The van der Waals surface area contributed by atoms with Gasteiger partial charge >= 0.3 is 6.03 Å². The lowest BCUT2D eigenvalue weighted by atomic mass is 10.1. The first-order valence-electron chi connectivity index (χ1n) is 6.55. The molecular formula is C14H21BrN2O2. The minimum Gasteiger partial charge on any atom is -0.395 e. The first-order valence-corrected chi connectivity index (χ1v) is 7.34. The lowest BCUT2D eigenvalue weighted by Gasteiger charge is -2.20. The van der Waals surface area contributed by atoms with E-state index in [1.54, 1.807) is 4.90 Å². The number of halogens is 1. The monoisotopic (exact) mass is 328 g/mol. The maximum absolute atomic E-state index is 11.7. The van der Waals surface area contributed by atoms with Gasteiger partial charge < -0.3 is 15.3 Å². The second-order valence-electron chi connectivity index (χ2n) is 4.27. The maximum Gasteiger partial charge on any atom is 0.317 e. The van der Waals surface area contributed by atoms with Gasteiger partial charge in [-0.1, -0.05) is 28.1 Å². The van der Waals surface area contributed by atoms with Crippen molar-refractivity contribution in [2.75, 3.05) is 26.2 Å². The van der Waals surface area contributed by atoms with Crippen LogP contribution in [0.5, 0.6) is 0 Å². The molecule has 0 aliphatic carbocycles. The van der Waals surface area contributed by atoms with E-state index in [0.29, 0.717) is 19.6 Å². The summed E-state index contributed by atoms with van der Waals surface area (Å²) >= 11 is 3.44. The predicted molar refractivity (Wildman–Crippen MR) is 80.2 cm³/mol. The van der Waals surface area contributed by atoms with Crippen LogP contribution in [0.25, 0.3) is 0 Å². The quantitative estimate of drug-likeness (QED) is 0.755. The SMILES string of the molecule is CCN(CCO)C(=O)NCCCc1cccc(Br)c1. The van der Waals surface area contributed by atoms with E-state index in [1.165, 1.54) is 5.56 Å². The standard InChI is InChI=1S/C14H21BrN2O2/c1-2-17(9-10-18)14(19)16-8-4-6-12-5-3-7-13(15)11-12/h3,5,7,11,18H,2,4,6,8-10H2,1H3,(H,16,19). The zero-order chi connectivity index (χ0) is 14.1. The van der Waals surface area contributed by atoms with E-state index in [9.17, 15) is 4.79 Å². The highest BCUT2D eigenvalue weighted by Crippen LogP contribution is 2.12. The van der Waals surface area contributed by atoms with Crippen LogP contribution in [-0.4, -0.2) is 42.3 Å². The second kappa shape index (κ2) is 8.93. The molecule has 19 heavy (non-hydrogen) atoms. The lowest BCUT2D eigenvalue weighted by molar-refractivity contribution is 0.180. The number of likely N-dealkylation sites (N-methyl/N-ethyl adjacent to an activating group) is 1. The number of benzene rings is 1. The van der Waals surface area contributed by atoms with Gasteiger partial charge in [0.05, 0.1) is 6.61 Å². The van der Waals surface area contributed by atoms with Gasteiger partial charge in [0.25, 0.3) is 0 Å². The highest BCUT2D eigenvalue weighted by Gasteiger charge is 2.09. The fourth-order valence-corrected chi connectivity index (χ4v) is 2.26. The minimum absolute atomic E-state index is 0.000692. The molecule has 0 bridgehead atoms. The third kappa shape index (κ3) is 6.07. The van der Waals surface area contributed by atoms with Crippen LogP contribution in [0.15, 0.2) is 28.7 Å². The Bertz CT molecular complexity index is 399. The van der Waals surface area contributed by atoms with Gasteiger partial charge in [0.2, 0.25) is 0 Å². The molecule has 0 atom stereocenters. The second-order valence-corrected chi connectivity index (χ2v) is 5.18. The molecule has 0 unspecified atom stereocenters. The molecule has 0 heterocycles. The fraction of sp³-hybridized carbons (Fsp3) is 0.500. The van der Waals surface area contributed by atoms with Gasteiger partial charge in [-0.25, -0.2) is 4.79 Å². The van der Waals surface area contributed by atoms with Gasteiger partial charge in [0.1, 0.15) is 0 Å². The Morgan fingerprint density at radius 1 is 1.47 bits per heavy atom. The van der Waals surface area contributed by atoms with E-state index in [1.807, 2.05) is 19.1 Å². The number of carbonyl (C=O) groups excluding carboxylic acids is 1. The number of hydrogen-bond acceptors (Lipinski definition) is 2. The Labute approximate surface area is 122 Å². The zero-order valence-electron chi connectivity index (χ0n) is 11.2. The number of carbonyl (C=O) groups is 1. The summed E-state index contributed by atoms with van der Waals surface area (Å²) in [6.45, 7) is 3.54. The van der Waals surface area contributed by atoms with Crippen molar-refractivity contribution in [3.8, 4) is 0 Å². The van der Waals surface area contributed by atoms with E-state index in [2.05, 4.69) is 33.4 Å². The summed E-state index contributed by atoms with van der Waals surface area (Å²) in [5.74, 6) is 0. The van der Waals surface area contributed by atoms with Crippen LogP contribution in [0, 0.1) is 0 Å². The van der Waals surface area contributed by atoms with E-state index >= 15 is 0 Å². The largest absolute Gasteiger partial charge is 0.395 e. The fourth-order valence-electron chi connectivity index (χ4n) is 1.82. The summed E-state index contributed by atoms with van der Waals surface area (Å²) in [6, 6.07) is 8.07. The summed E-state index contributed by atoms with van der Waals surface area (Å²) in [5.41, 5.74) is 1.26. The number of aryl methyl sites for hydroxylation is 1. The third-order valence-electron chi connectivity index (χ3n) is 2.85. The van der Waals surface area contributed by atoms with E-state index in [0.717, 1.165) is 17.3 Å². The first-order chi connectivity index (χ1) is 9.17. The summed E-state index contributed by atoms with van der Waals surface area (Å²) in [6.07, 6.45) is 1.84. The molecule has 4 nitrogen and oxygen atoms in total. The highest BCUT2D eigenvalue weighted by atomic mass is 79.9. The van der Waals surface area contributed by atoms with Crippen molar-refractivity contribution < 1.29 is 9.90 Å². The van der Waals surface area contributed by atoms with Gasteiger partial charge in [-0.2, -0.15) is 0 Å². The molecule has 106 valence electrons. The van der Waals surface area contributed by atoms with Crippen molar-refractivity contribution in [1.82, 2.24) is 10.2 Å². The van der Waals surface area contributed by atoms with Gasteiger partial charge in [-0.3, -0.25) is 0 Å². The van der Waals surface area contributed by atoms with Crippen LogP contribution >= 0.6 is 15.9 Å². The van der Waals surface area contributed by atoms with Crippen molar-refractivity contribution in [3.05, 3.63) is 34.3 Å². The number of rotatable bonds is 7. The molecule has 0 aliphatic rings. The average molecular weight is 329 g/mol. The summed E-state index contributed by atoms with van der Waals surface area (Å²) in [5, 5.41) is 11.7. The molecule has 2 N–H and O–H groups in total. The lowest BCUT2D eigenvalue weighted by Crippen LogP contribution is -2.41. The molecule has 0 fully saturated rings. The number of amides is 2. The predicted octanol–water partition coefficient (Wildman–Crippen LogP) is 2.41. The molecule has 0 radical (unpaired) electrons. The van der Waals surface area contributed by atoms with Crippen molar-refractivity contribution in [1.29, 1.82) is 0 Å². The van der Waals surface area contributed by atoms with Crippen molar-refractivity contribution in [3.63, 3.8) is 0 Å². The number of aliphatic hydroxyl groups is 1. The molecule has 0 aliphatic heterocycles. The molecule has 0 saturated heterocycles. The molecule has 1 aromatic carbocycles. The molecule has 0 spiro atoms. The molecule has 5 heteroatoms. The zero-order valence-corrected chi connectivity index (χ0v) is 12.8. The van der Waals surface area contributed by atoms with E-state index in [4.69, 9.17) is 5.11 Å². The molecule has 0 aromatic heterocycles. The Morgan fingerprint density at radius 3 is 2.89 bits per heavy atom. The molecular weight excluding hydrogens is 308 g/mol. The number of nitrogens with one attached hydrogen (secondary N) is 1. The number of hydrogen-bond donors (Lipinski definition) is 2. The number of urea groups is 1. The van der Waals surface area contributed by atoms with Gasteiger partial charge in [0.15, 0.2) is 0 Å². The highest BCUT2D eigenvalue weighted by molar-refractivity contribution is 9.10. The van der Waals surface area contributed by atoms with Crippen LogP contribution in [0.1, 0.15) is 18.9 Å².